The molecule has 0 heterocycles. The third kappa shape index (κ3) is 4.14. The van der Waals surface area contributed by atoms with Gasteiger partial charge in [0.15, 0.2) is 17.3 Å². The van der Waals surface area contributed by atoms with Gasteiger partial charge in [-0.05, 0) is 58.5 Å². The Labute approximate surface area is 139 Å². The number of ketones is 1. The van der Waals surface area contributed by atoms with E-state index in [1.807, 2.05) is 40.1 Å². The second-order valence-corrected chi connectivity index (χ2v) is 5.68. The number of ether oxygens (including phenoxy) is 2. The fraction of sp³-hybridized carbons (Fsp3) is 0.588. The van der Waals surface area contributed by atoms with Crippen LogP contribution in [-0.4, -0.2) is 44.5 Å². The normalized spacial score (nSPS) is 17.0. The number of halogens is 1. The first-order valence-corrected chi connectivity index (χ1v) is 7.68. The molecule has 0 N–H and O–H groups in total. The van der Waals surface area contributed by atoms with E-state index in [-0.39, 0.29) is 24.1 Å². The minimum absolute atomic E-state index is 0. The second kappa shape index (κ2) is 8.39. The number of nitrogens with zero attached hydrogens (tertiary/aromatic N) is 1. The van der Waals surface area contributed by atoms with Gasteiger partial charge in [-0.1, -0.05) is 0 Å². The largest absolute Gasteiger partial charge is 0.490 e. The van der Waals surface area contributed by atoms with Crippen LogP contribution < -0.4 is 9.47 Å². The summed E-state index contributed by atoms with van der Waals surface area (Å²) in [5.74, 6) is 1.74. The molecule has 124 valence electrons. The number of benzene rings is 1. The third-order valence-electron chi connectivity index (χ3n) is 3.75. The molecule has 2 rings (SSSR count). The molecule has 22 heavy (non-hydrogen) atoms. The Hall–Kier alpha value is -1.26. The lowest BCUT2D eigenvalue weighted by atomic mass is 9.82. The van der Waals surface area contributed by atoms with Gasteiger partial charge in [0.2, 0.25) is 0 Å². The van der Waals surface area contributed by atoms with E-state index in [4.69, 9.17) is 9.47 Å². The summed E-state index contributed by atoms with van der Waals surface area (Å²) < 4.78 is 11.3. The van der Waals surface area contributed by atoms with Gasteiger partial charge in [0.1, 0.15) is 0 Å². The van der Waals surface area contributed by atoms with Crippen molar-refractivity contribution >= 4 is 18.2 Å². The number of hydrogen-bond acceptors (Lipinski definition) is 4. The van der Waals surface area contributed by atoms with Gasteiger partial charge in [-0.3, -0.25) is 4.79 Å². The van der Waals surface area contributed by atoms with Gasteiger partial charge in [0.25, 0.3) is 0 Å². The SMILES string of the molecule is CCOc1cc2c(cc1OCC)C(=O)C(CN(C)C)CC2.Cl. The molecule has 1 aliphatic rings. The van der Waals surface area contributed by atoms with Gasteiger partial charge in [0.05, 0.1) is 13.2 Å². The molecule has 0 saturated carbocycles. The summed E-state index contributed by atoms with van der Waals surface area (Å²) >= 11 is 0. The summed E-state index contributed by atoms with van der Waals surface area (Å²) in [6, 6.07) is 3.85. The zero-order chi connectivity index (χ0) is 15.4. The Morgan fingerprint density at radius 1 is 1.14 bits per heavy atom. The predicted molar refractivity (Wildman–Crippen MR) is 90.7 cm³/mol. The molecule has 0 aromatic heterocycles. The molecule has 0 saturated heterocycles. The Morgan fingerprint density at radius 3 is 2.27 bits per heavy atom. The highest BCUT2D eigenvalue weighted by Crippen LogP contribution is 2.36. The molecule has 0 spiro atoms. The summed E-state index contributed by atoms with van der Waals surface area (Å²) in [7, 11) is 4.01. The lowest BCUT2D eigenvalue weighted by molar-refractivity contribution is 0.0876. The first-order chi connectivity index (χ1) is 10.1. The van der Waals surface area contributed by atoms with Gasteiger partial charge >= 0.3 is 0 Å². The molecule has 0 fully saturated rings. The molecule has 1 aromatic rings. The van der Waals surface area contributed by atoms with Gasteiger partial charge in [-0.2, -0.15) is 0 Å². The zero-order valence-corrected chi connectivity index (χ0v) is 14.7. The van der Waals surface area contributed by atoms with Crippen LogP contribution in [0.2, 0.25) is 0 Å². The number of Topliss-reactive ketones (excluding diaryl/α,β-unsaturated/α-hetero) is 1. The lowest BCUT2D eigenvalue weighted by Crippen LogP contribution is -2.31. The van der Waals surface area contributed by atoms with Crippen LogP contribution in [-0.2, 0) is 6.42 Å². The standard InChI is InChI=1S/C17H25NO3.ClH/c1-5-20-15-9-12-7-8-13(11-18(3)4)17(19)14(12)10-16(15)21-6-2;/h9-10,13H,5-8,11H2,1-4H3;1H. The van der Waals surface area contributed by atoms with Crippen LogP contribution in [0.1, 0.15) is 36.2 Å². The molecule has 4 nitrogen and oxygen atoms in total. The van der Waals surface area contributed by atoms with E-state index in [1.165, 1.54) is 0 Å². The van der Waals surface area contributed by atoms with Crippen LogP contribution in [0.15, 0.2) is 12.1 Å². The zero-order valence-electron chi connectivity index (χ0n) is 13.8. The number of carbonyl (C=O) groups is 1. The molecule has 1 aliphatic carbocycles. The molecule has 5 heteroatoms. The summed E-state index contributed by atoms with van der Waals surface area (Å²) in [5, 5.41) is 0. The number of hydrogen-bond donors (Lipinski definition) is 0. The highest BCUT2D eigenvalue weighted by Gasteiger charge is 2.29. The van der Waals surface area contributed by atoms with E-state index < -0.39 is 0 Å². The summed E-state index contributed by atoms with van der Waals surface area (Å²) in [4.78, 5) is 14.7. The van der Waals surface area contributed by atoms with E-state index in [2.05, 4.69) is 4.90 Å². The van der Waals surface area contributed by atoms with Crippen molar-refractivity contribution in [3.05, 3.63) is 23.3 Å². The van der Waals surface area contributed by atoms with Crippen molar-refractivity contribution in [2.75, 3.05) is 33.9 Å². The molecule has 0 aliphatic heterocycles. The molecular formula is C17H26ClNO3. The molecular weight excluding hydrogens is 302 g/mol. The van der Waals surface area contributed by atoms with E-state index in [0.717, 1.165) is 36.3 Å². The fourth-order valence-electron chi connectivity index (χ4n) is 2.87. The number of carbonyl (C=O) groups excluding carboxylic acids is 1. The first kappa shape index (κ1) is 18.8. The predicted octanol–water partition coefficient (Wildman–Crippen LogP) is 3.21. The third-order valence-corrected chi connectivity index (χ3v) is 3.75. The lowest BCUT2D eigenvalue weighted by Gasteiger charge is -2.26. The number of fused-ring (bicyclic) bond motifs is 1. The maximum atomic E-state index is 12.7. The fourth-order valence-corrected chi connectivity index (χ4v) is 2.87. The molecule has 0 amide bonds. The Bertz CT molecular complexity index is 517. The quantitative estimate of drug-likeness (QED) is 0.804. The Kier molecular flexibility index (Phi) is 7.17. The van der Waals surface area contributed by atoms with Gasteiger partial charge in [-0.15, -0.1) is 12.4 Å². The van der Waals surface area contributed by atoms with Crippen LogP contribution in [0.5, 0.6) is 11.5 Å². The number of rotatable bonds is 6. The highest BCUT2D eigenvalue weighted by atomic mass is 35.5. The van der Waals surface area contributed by atoms with Crippen LogP contribution >= 0.6 is 12.4 Å². The topological polar surface area (TPSA) is 38.8 Å². The van der Waals surface area contributed by atoms with E-state index in [0.29, 0.717) is 19.0 Å². The van der Waals surface area contributed by atoms with E-state index in [1.54, 1.807) is 0 Å². The van der Waals surface area contributed by atoms with Gasteiger partial charge < -0.3 is 14.4 Å². The molecule has 1 unspecified atom stereocenters. The summed E-state index contributed by atoms with van der Waals surface area (Å²) in [5.41, 5.74) is 1.89. The van der Waals surface area contributed by atoms with Crippen LogP contribution in [0.25, 0.3) is 0 Å². The minimum Gasteiger partial charge on any atom is -0.490 e. The number of aryl methyl sites for hydroxylation is 1. The Morgan fingerprint density at radius 2 is 1.73 bits per heavy atom. The average Bonchev–Trinajstić information content (AvgIpc) is 2.43. The van der Waals surface area contributed by atoms with Crippen molar-refractivity contribution in [3.8, 4) is 11.5 Å². The van der Waals surface area contributed by atoms with E-state index in [9.17, 15) is 4.79 Å². The van der Waals surface area contributed by atoms with Crippen LogP contribution in [0, 0.1) is 5.92 Å². The summed E-state index contributed by atoms with van der Waals surface area (Å²) in [6.07, 6.45) is 1.83. The van der Waals surface area contributed by atoms with Crippen molar-refractivity contribution < 1.29 is 14.3 Å². The Balaban J connectivity index is 0.00000242. The maximum absolute atomic E-state index is 12.7. The minimum atomic E-state index is 0. The van der Waals surface area contributed by atoms with Crippen molar-refractivity contribution in [1.29, 1.82) is 0 Å². The molecule has 0 bridgehead atoms. The average molecular weight is 328 g/mol. The van der Waals surface area contributed by atoms with Gasteiger partial charge in [0, 0.05) is 18.0 Å². The maximum Gasteiger partial charge on any atom is 0.167 e. The van der Waals surface area contributed by atoms with Gasteiger partial charge in [-0.25, -0.2) is 0 Å². The van der Waals surface area contributed by atoms with Crippen LogP contribution in [0.4, 0.5) is 0 Å². The molecule has 0 radical (unpaired) electrons. The van der Waals surface area contributed by atoms with Crippen molar-refractivity contribution in [2.45, 2.75) is 26.7 Å². The van der Waals surface area contributed by atoms with Crippen molar-refractivity contribution in [1.82, 2.24) is 4.90 Å². The van der Waals surface area contributed by atoms with Crippen LogP contribution in [0.3, 0.4) is 0 Å². The van der Waals surface area contributed by atoms with Crippen molar-refractivity contribution in [2.24, 2.45) is 5.92 Å². The van der Waals surface area contributed by atoms with E-state index >= 15 is 0 Å². The monoisotopic (exact) mass is 327 g/mol. The molecule has 1 aromatic carbocycles. The highest BCUT2D eigenvalue weighted by molar-refractivity contribution is 6.01. The summed E-state index contributed by atoms with van der Waals surface area (Å²) in [6.45, 7) is 5.85. The molecule has 1 atom stereocenters. The smallest absolute Gasteiger partial charge is 0.167 e. The van der Waals surface area contributed by atoms with Crippen molar-refractivity contribution in [3.63, 3.8) is 0 Å². The second-order valence-electron chi connectivity index (χ2n) is 5.68. The first-order valence-electron chi connectivity index (χ1n) is 7.68.